The highest BCUT2D eigenvalue weighted by Gasteiger charge is 2.62. The maximum absolute atomic E-state index is 14.5. The molecule has 1 aromatic heterocycles. The highest BCUT2D eigenvalue weighted by molar-refractivity contribution is 6.18. The molecule has 1 spiro atoms. The topological polar surface area (TPSA) is 111 Å². The number of carbonyl (C=O) groups is 2. The van der Waals surface area contributed by atoms with Crippen molar-refractivity contribution in [3.8, 4) is 5.88 Å². The number of fused-ring (bicyclic) bond motifs is 4. The number of rotatable bonds is 5. The third-order valence-electron chi connectivity index (χ3n) is 6.30. The molecule has 34 heavy (non-hydrogen) atoms. The van der Waals surface area contributed by atoms with Crippen molar-refractivity contribution in [3.63, 3.8) is 0 Å². The maximum atomic E-state index is 14.5. The number of para-hydroxylation sites is 1. The molecular formula is C25H23FN4O4. The fourth-order valence-electron chi connectivity index (χ4n) is 4.98. The van der Waals surface area contributed by atoms with Crippen LogP contribution in [0.4, 0.5) is 10.1 Å². The lowest BCUT2D eigenvalue weighted by molar-refractivity contribution is -0.138. The fraction of sp³-hybridized carbons (Fsp3) is 0.240. The van der Waals surface area contributed by atoms with E-state index in [2.05, 4.69) is 10.2 Å². The minimum atomic E-state index is -1.62. The van der Waals surface area contributed by atoms with Crippen LogP contribution in [0.15, 0.2) is 60.0 Å². The summed E-state index contributed by atoms with van der Waals surface area (Å²) in [5.74, 6) is -1.69. The quantitative estimate of drug-likeness (QED) is 0.564. The van der Waals surface area contributed by atoms with E-state index >= 15 is 0 Å². The lowest BCUT2D eigenvalue weighted by atomic mass is 9.68. The summed E-state index contributed by atoms with van der Waals surface area (Å²) >= 11 is 0. The van der Waals surface area contributed by atoms with E-state index in [9.17, 15) is 14.0 Å². The summed E-state index contributed by atoms with van der Waals surface area (Å²) in [6, 6.07) is 13.2. The van der Waals surface area contributed by atoms with Gasteiger partial charge in [0.15, 0.2) is 0 Å². The number of benzene rings is 2. The van der Waals surface area contributed by atoms with Crippen LogP contribution in [-0.2, 0) is 32.7 Å². The van der Waals surface area contributed by atoms with Crippen LogP contribution in [0.1, 0.15) is 35.7 Å². The van der Waals surface area contributed by atoms with E-state index in [4.69, 9.17) is 15.2 Å². The van der Waals surface area contributed by atoms with Gasteiger partial charge < -0.3 is 20.1 Å². The lowest BCUT2D eigenvalue weighted by Gasteiger charge is -2.34. The molecule has 2 aromatic carbocycles. The number of aromatic nitrogens is 2. The van der Waals surface area contributed by atoms with Crippen LogP contribution >= 0.6 is 0 Å². The number of methoxy groups -OCH3 is 1. The van der Waals surface area contributed by atoms with Crippen LogP contribution in [0.2, 0.25) is 0 Å². The molecule has 0 radical (unpaired) electrons. The number of aromatic amines is 1. The maximum Gasteiger partial charge on any atom is 0.340 e. The Balaban J connectivity index is 1.80. The number of anilines is 1. The molecule has 3 heterocycles. The zero-order valence-electron chi connectivity index (χ0n) is 18.7. The molecule has 2 aliphatic heterocycles. The Labute approximate surface area is 195 Å². The van der Waals surface area contributed by atoms with Crippen LogP contribution < -0.4 is 15.4 Å². The monoisotopic (exact) mass is 462 g/mol. The molecule has 8 nitrogen and oxygen atoms in total. The Kier molecular flexibility index (Phi) is 5.11. The zero-order valence-corrected chi connectivity index (χ0v) is 18.7. The highest BCUT2D eigenvalue weighted by Crippen LogP contribution is 2.56. The third-order valence-corrected chi connectivity index (χ3v) is 6.30. The number of hydrogen-bond donors (Lipinski definition) is 2. The van der Waals surface area contributed by atoms with Crippen molar-refractivity contribution >= 4 is 17.6 Å². The average Bonchev–Trinajstić information content (AvgIpc) is 3.32. The first-order valence-corrected chi connectivity index (χ1v) is 10.9. The van der Waals surface area contributed by atoms with E-state index in [1.807, 2.05) is 6.92 Å². The zero-order chi connectivity index (χ0) is 24.0. The second-order valence-corrected chi connectivity index (χ2v) is 8.25. The normalized spacial score (nSPS) is 18.7. The summed E-state index contributed by atoms with van der Waals surface area (Å²) in [7, 11) is 1.23. The number of esters is 1. The summed E-state index contributed by atoms with van der Waals surface area (Å²) in [5.41, 5.74) is 7.37. The molecule has 174 valence electrons. The molecule has 0 fully saturated rings. The van der Waals surface area contributed by atoms with Gasteiger partial charge in [-0.15, -0.1) is 5.10 Å². The molecule has 0 saturated carbocycles. The van der Waals surface area contributed by atoms with E-state index < -0.39 is 23.1 Å². The number of nitrogens with one attached hydrogen (secondary N) is 1. The van der Waals surface area contributed by atoms with Gasteiger partial charge >= 0.3 is 5.97 Å². The van der Waals surface area contributed by atoms with Gasteiger partial charge in [0, 0.05) is 16.9 Å². The first kappa shape index (κ1) is 21.7. The van der Waals surface area contributed by atoms with Crippen molar-refractivity contribution in [3.05, 3.63) is 88.2 Å². The van der Waals surface area contributed by atoms with Crippen molar-refractivity contribution in [1.82, 2.24) is 10.2 Å². The van der Waals surface area contributed by atoms with Gasteiger partial charge in [0.25, 0.3) is 0 Å². The van der Waals surface area contributed by atoms with Crippen molar-refractivity contribution in [2.45, 2.75) is 31.7 Å². The molecule has 1 atom stereocenters. The van der Waals surface area contributed by atoms with Gasteiger partial charge in [0.1, 0.15) is 16.8 Å². The first-order chi connectivity index (χ1) is 16.4. The summed E-state index contributed by atoms with van der Waals surface area (Å²) < 4.78 is 24.7. The average molecular weight is 462 g/mol. The van der Waals surface area contributed by atoms with Crippen LogP contribution in [0, 0.1) is 5.82 Å². The molecule has 3 N–H and O–H groups in total. The van der Waals surface area contributed by atoms with Gasteiger partial charge in [-0.1, -0.05) is 43.7 Å². The molecule has 0 aliphatic carbocycles. The van der Waals surface area contributed by atoms with Crippen LogP contribution in [0.25, 0.3) is 0 Å². The lowest BCUT2D eigenvalue weighted by Crippen LogP contribution is -2.48. The van der Waals surface area contributed by atoms with Crippen LogP contribution in [0.5, 0.6) is 5.88 Å². The Hall–Kier alpha value is -4.14. The Bertz CT molecular complexity index is 1350. The van der Waals surface area contributed by atoms with Gasteiger partial charge in [0.05, 0.1) is 19.2 Å². The molecule has 5 rings (SSSR count). The van der Waals surface area contributed by atoms with E-state index in [0.29, 0.717) is 34.5 Å². The van der Waals surface area contributed by atoms with Crippen molar-refractivity contribution in [2.75, 3.05) is 12.0 Å². The number of amides is 1. The van der Waals surface area contributed by atoms with Gasteiger partial charge in [-0.2, -0.15) is 0 Å². The van der Waals surface area contributed by atoms with Gasteiger partial charge in [-0.3, -0.25) is 9.89 Å². The number of aryl methyl sites for hydroxylation is 1. The van der Waals surface area contributed by atoms with Gasteiger partial charge in [-0.05, 0) is 30.2 Å². The van der Waals surface area contributed by atoms with E-state index in [-0.39, 0.29) is 23.9 Å². The number of nitrogens with two attached hydrogens (primary N) is 1. The summed E-state index contributed by atoms with van der Waals surface area (Å²) in [5, 5.41) is 7.22. The number of hydrogen-bond acceptors (Lipinski definition) is 6. The second kappa shape index (κ2) is 8.02. The molecule has 0 bridgehead atoms. The van der Waals surface area contributed by atoms with Crippen molar-refractivity contribution in [1.29, 1.82) is 0 Å². The predicted octanol–water partition coefficient (Wildman–Crippen LogP) is 3.07. The molecule has 1 amide bonds. The number of ether oxygens (including phenoxy) is 2. The fourth-order valence-corrected chi connectivity index (χ4v) is 4.98. The summed E-state index contributed by atoms with van der Waals surface area (Å²) in [6.45, 7) is 2.09. The Morgan fingerprint density at radius 2 is 2.06 bits per heavy atom. The number of H-pyrrole nitrogens is 1. The Morgan fingerprint density at radius 1 is 1.26 bits per heavy atom. The highest BCUT2D eigenvalue weighted by atomic mass is 19.1. The molecule has 3 aromatic rings. The minimum Gasteiger partial charge on any atom is -0.465 e. The van der Waals surface area contributed by atoms with Crippen molar-refractivity contribution < 1.29 is 23.5 Å². The summed E-state index contributed by atoms with van der Waals surface area (Å²) in [4.78, 5) is 29.1. The number of carbonyl (C=O) groups excluding carboxylic acids is 2. The predicted molar refractivity (Wildman–Crippen MR) is 121 cm³/mol. The molecule has 0 saturated heterocycles. The number of nitrogens with zero attached hydrogens (tertiary/aromatic N) is 2. The van der Waals surface area contributed by atoms with Crippen LogP contribution in [-0.4, -0.2) is 29.2 Å². The molecular weight excluding hydrogens is 439 g/mol. The Morgan fingerprint density at radius 3 is 2.79 bits per heavy atom. The van der Waals surface area contributed by atoms with E-state index in [0.717, 1.165) is 6.42 Å². The van der Waals surface area contributed by atoms with Crippen LogP contribution in [0.3, 0.4) is 0 Å². The summed E-state index contributed by atoms with van der Waals surface area (Å²) in [6.07, 6.45) is 1.33. The molecule has 9 heteroatoms. The van der Waals surface area contributed by atoms with E-state index in [1.165, 1.54) is 24.1 Å². The second-order valence-electron chi connectivity index (χ2n) is 8.25. The largest absolute Gasteiger partial charge is 0.465 e. The number of halogens is 1. The van der Waals surface area contributed by atoms with Gasteiger partial charge in [-0.25, -0.2) is 9.18 Å². The third kappa shape index (κ3) is 2.93. The smallest absolute Gasteiger partial charge is 0.340 e. The first-order valence-electron chi connectivity index (χ1n) is 10.9. The molecule has 2 aliphatic rings. The SMILES string of the molecule is CCCc1[nH]nc2c1C1(C(=O)N(Cc3cccc(F)c3)c3ccccc31)C(C(=O)OC)=C(N)O2. The molecule has 1 unspecified atom stereocenters. The van der Waals surface area contributed by atoms with Crippen molar-refractivity contribution in [2.24, 2.45) is 5.73 Å². The standard InChI is InChI=1S/C25H23FN4O4/c1-3-7-17-19-22(29-28-17)34-21(27)20(23(31)33-2)25(19)16-10-4-5-11-18(16)30(24(25)32)13-14-8-6-9-15(26)12-14/h4-6,8-12H,3,7,13,27H2,1-2H3,(H,28,29). The minimum absolute atomic E-state index is 0.0968. The van der Waals surface area contributed by atoms with Gasteiger partial charge in [0.2, 0.25) is 17.7 Å². The van der Waals surface area contributed by atoms with E-state index in [1.54, 1.807) is 36.4 Å².